The molecular weight excluding hydrogens is 200 g/mol. The maximum absolute atomic E-state index is 11.4. The summed E-state index contributed by atoms with van der Waals surface area (Å²) in [6.45, 7) is 1.83. The standard InChI is InChI=1S/C9H12N2O2S/c1-6(5-8(10)14)11-9(12)7-3-2-4-13-7/h2-4,6H,5H2,1H3,(H2,10,14)(H,11,12). The third kappa shape index (κ3) is 3.18. The van der Waals surface area contributed by atoms with Crippen LogP contribution in [0.25, 0.3) is 0 Å². The molecule has 1 heterocycles. The van der Waals surface area contributed by atoms with Crippen LogP contribution in [-0.4, -0.2) is 16.9 Å². The molecule has 14 heavy (non-hydrogen) atoms. The lowest BCUT2D eigenvalue weighted by Gasteiger charge is -2.11. The predicted octanol–water partition coefficient (Wildman–Crippen LogP) is 1.07. The van der Waals surface area contributed by atoms with Gasteiger partial charge in [0.15, 0.2) is 5.76 Å². The van der Waals surface area contributed by atoms with Crippen LogP contribution < -0.4 is 11.1 Å². The van der Waals surface area contributed by atoms with Gasteiger partial charge in [-0.3, -0.25) is 4.79 Å². The Morgan fingerprint density at radius 1 is 1.79 bits per heavy atom. The number of furan rings is 1. The Bertz CT molecular complexity index is 322. The summed E-state index contributed by atoms with van der Waals surface area (Å²) in [7, 11) is 0. The Hall–Kier alpha value is -1.36. The number of rotatable bonds is 4. The lowest BCUT2D eigenvalue weighted by Crippen LogP contribution is -2.35. The van der Waals surface area contributed by atoms with Crippen LogP contribution in [0.3, 0.4) is 0 Å². The summed E-state index contributed by atoms with van der Waals surface area (Å²) in [6, 6.07) is 3.18. The molecule has 1 unspecified atom stereocenters. The van der Waals surface area contributed by atoms with Crippen LogP contribution in [0, 0.1) is 0 Å². The highest BCUT2D eigenvalue weighted by molar-refractivity contribution is 7.80. The molecule has 0 aliphatic heterocycles. The van der Waals surface area contributed by atoms with Crippen molar-refractivity contribution in [2.45, 2.75) is 19.4 Å². The molecule has 0 saturated carbocycles. The number of nitrogens with one attached hydrogen (secondary N) is 1. The van der Waals surface area contributed by atoms with Gasteiger partial charge in [-0.05, 0) is 19.1 Å². The van der Waals surface area contributed by atoms with Crippen molar-refractivity contribution < 1.29 is 9.21 Å². The molecule has 1 aromatic rings. The summed E-state index contributed by atoms with van der Waals surface area (Å²) in [5.41, 5.74) is 5.34. The average molecular weight is 212 g/mol. The Morgan fingerprint density at radius 2 is 2.50 bits per heavy atom. The molecule has 4 nitrogen and oxygen atoms in total. The summed E-state index contributed by atoms with van der Waals surface area (Å²) in [4.78, 5) is 11.8. The van der Waals surface area contributed by atoms with Crippen molar-refractivity contribution >= 4 is 23.1 Å². The number of hydrogen-bond donors (Lipinski definition) is 2. The van der Waals surface area contributed by atoms with Gasteiger partial charge in [-0.1, -0.05) is 12.2 Å². The predicted molar refractivity (Wildman–Crippen MR) is 57.0 cm³/mol. The van der Waals surface area contributed by atoms with E-state index in [-0.39, 0.29) is 11.9 Å². The van der Waals surface area contributed by atoms with Gasteiger partial charge in [0.1, 0.15) is 0 Å². The maximum atomic E-state index is 11.4. The van der Waals surface area contributed by atoms with E-state index in [0.717, 1.165) is 0 Å². The molecule has 3 N–H and O–H groups in total. The molecule has 5 heteroatoms. The molecule has 0 radical (unpaired) electrons. The minimum atomic E-state index is -0.251. The second-order valence-electron chi connectivity index (χ2n) is 3.02. The highest BCUT2D eigenvalue weighted by Gasteiger charge is 2.11. The molecule has 0 fully saturated rings. The third-order valence-corrected chi connectivity index (χ3v) is 1.80. The first-order chi connectivity index (χ1) is 6.59. The van der Waals surface area contributed by atoms with Gasteiger partial charge < -0.3 is 15.5 Å². The Kier molecular flexibility index (Phi) is 3.64. The quantitative estimate of drug-likeness (QED) is 0.733. The number of thiocarbonyl (C=S) groups is 1. The molecule has 1 aromatic heterocycles. The largest absolute Gasteiger partial charge is 0.459 e. The van der Waals surface area contributed by atoms with Gasteiger partial charge in [-0.2, -0.15) is 0 Å². The topological polar surface area (TPSA) is 68.3 Å². The number of carbonyl (C=O) groups is 1. The van der Waals surface area contributed by atoms with Crippen LogP contribution in [0.15, 0.2) is 22.8 Å². The van der Waals surface area contributed by atoms with Gasteiger partial charge >= 0.3 is 0 Å². The second kappa shape index (κ2) is 4.76. The van der Waals surface area contributed by atoms with E-state index in [4.69, 9.17) is 22.4 Å². The zero-order chi connectivity index (χ0) is 10.6. The van der Waals surface area contributed by atoms with Crippen LogP contribution in [0.5, 0.6) is 0 Å². The van der Waals surface area contributed by atoms with Crippen molar-refractivity contribution in [2.75, 3.05) is 0 Å². The summed E-state index contributed by atoms with van der Waals surface area (Å²) in [6.07, 6.45) is 1.94. The van der Waals surface area contributed by atoms with E-state index in [0.29, 0.717) is 17.2 Å². The molecule has 1 amide bonds. The Labute approximate surface area is 87.5 Å². The molecule has 76 valence electrons. The third-order valence-electron chi connectivity index (χ3n) is 1.63. The summed E-state index contributed by atoms with van der Waals surface area (Å²) < 4.78 is 4.93. The molecule has 0 aromatic carbocycles. The van der Waals surface area contributed by atoms with E-state index < -0.39 is 0 Å². The monoisotopic (exact) mass is 212 g/mol. The first-order valence-corrected chi connectivity index (χ1v) is 4.63. The van der Waals surface area contributed by atoms with Crippen molar-refractivity contribution in [2.24, 2.45) is 5.73 Å². The van der Waals surface area contributed by atoms with Gasteiger partial charge in [-0.25, -0.2) is 0 Å². The highest BCUT2D eigenvalue weighted by atomic mass is 32.1. The van der Waals surface area contributed by atoms with E-state index in [1.807, 2.05) is 6.92 Å². The van der Waals surface area contributed by atoms with E-state index in [1.54, 1.807) is 12.1 Å². The normalized spacial score (nSPS) is 12.1. The lowest BCUT2D eigenvalue weighted by atomic mass is 10.2. The van der Waals surface area contributed by atoms with Crippen LogP contribution in [0.4, 0.5) is 0 Å². The number of hydrogen-bond acceptors (Lipinski definition) is 3. The van der Waals surface area contributed by atoms with E-state index in [2.05, 4.69) is 5.32 Å². The lowest BCUT2D eigenvalue weighted by molar-refractivity contribution is 0.0913. The van der Waals surface area contributed by atoms with Crippen LogP contribution >= 0.6 is 12.2 Å². The summed E-state index contributed by atoms with van der Waals surface area (Å²) >= 11 is 4.73. The van der Waals surface area contributed by atoms with Gasteiger partial charge in [0, 0.05) is 12.5 Å². The van der Waals surface area contributed by atoms with Crippen molar-refractivity contribution in [3.8, 4) is 0 Å². The minimum Gasteiger partial charge on any atom is -0.459 e. The van der Waals surface area contributed by atoms with Crippen molar-refractivity contribution in [1.82, 2.24) is 5.32 Å². The zero-order valence-electron chi connectivity index (χ0n) is 7.82. The van der Waals surface area contributed by atoms with E-state index in [1.165, 1.54) is 6.26 Å². The zero-order valence-corrected chi connectivity index (χ0v) is 8.64. The van der Waals surface area contributed by atoms with Crippen LogP contribution in [-0.2, 0) is 0 Å². The fraction of sp³-hybridized carbons (Fsp3) is 0.333. The number of carbonyl (C=O) groups excluding carboxylic acids is 1. The molecule has 1 rings (SSSR count). The summed E-state index contributed by atoms with van der Waals surface area (Å²) in [5.74, 6) is 0.0403. The van der Waals surface area contributed by atoms with Gasteiger partial charge in [0.2, 0.25) is 0 Å². The number of amides is 1. The van der Waals surface area contributed by atoms with Crippen molar-refractivity contribution in [3.05, 3.63) is 24.2 Å². The van der Waals surface area contributed by atoms with E-state index in [9.17, 15) is 4.79 Å². The Balaban J connectivity index is 2.45. The fourth-order valence-electron chi connectivity index (χ4n) is 1.06. The second-order valence-corrected chi connectivity index (χ2v) is 3.55. The maximum Gasteiger partial charge on any atom is 0.287 e. The van der Waals surface area contributed by atoms with Crippen LogP contribution in [0.1, 0.15) is 23.9 Å². The molecule has 0 spiro atoms. The Morgan fingerprint density at radius 3 is 3.00 bits per heavy atom. The fourth-order valence-corrected chi connectivity index (χ4v) is 1.31. The van der Waals surface area contributed by atoms with Crippen molar-refractivity contribution in [1.29, 1.82) is 0 Å². The summed E-state index contributed by atoms with van der Waals surface area (Å²) in [5, 5.41) is 2.71. The highest BCUT2D eigenvalue weighted by Crippen LogP contribution is 2.01. The molecule has 0 saturated heterocycles. The molecule has 0 aliphatic carbocycles. The van der Waals surface area contributed by atoms with E-state index >= 15 is 0 Å². The average Bonchev–Trinajstić information content (AvgIpc) is 2.53. The first-order valence-electron chi connectivity index (χ1n) is 4.22. The molecule has 0 bridgehead atoms. The smallest absolute Gasteiger partial charge is 0.287 e. The first kappa shape index (κ1) is 10.7. The minimum absolute atomic E-state index is 0.0786. The number of nitrogens with two attached hydrogens (primary N) is 1. The SMILES string of the molecule is CC(CC(N)=S)NC(=O)c1ccco1. The van der Waals surface area contributed by atoms with Gasteiger partial charge in [-0.15, -0.1) is 0 Å². The van der Waals surface area contributed by atoms with Crippen LogP contribution in [0.2, 0.25) is 0 Å². The molecular formula is C9H12N2O2S. The molecule has 1 atom stereocenters. The molecule has 0 aliphatic rings. The van der Waals surface area contributed by atoms with Crippen molar-refractivity contribution in [3.63, 3.8) is 0 Å². The van der Waals surface area contributed by atoms with Gasteiger partial charge in [0.05, 0.1) is 11.3 Å². The van der Waals surface area contributed by atoms with Gasteiger partial charge in [0.25, 0.3) is 5.91 Å².